The maximum absolute atomic E-state index is 5.88. The molecule has 3 heteroatoms. The fourth-order valence-corrected chi connectivity index (χ4v) is 2.38. The molecule has 1 atom stereocenters. The van der Waals surface area contributed by atoms with Crippen LogP contribution in [-0.2, 0) is 4.74 Å². The summed E-state index contributed by atoms with van der Waals surface area (Å²) in [5, 5.41) is 0. The summed E-state index contributed by atoms with van der Waals surface area (Å²) in [6.07, 6.45) is 0.322. The molecule has 0 aromatic heterocycles. The summed E-state index contributed by atoms with van der Waals surface area (Å²) >= 11 is 0. The molecule has 1 aliphatic heterocycles. The molecule has 0 saturated carbocycles. The van der Waals surface area contributed by atoms with E-state index in [0.29, 0.717) is 6.10 Å². The van der Waals surface area contributed by atoms with E-state index in [0.717, 1.165) is 26.2 Å². The maximum Gasteiger partial charge on any atom is 0.0757 e. The van der Waals surface area contributed by atoms with Crippen molar-refractivity contribution in [2.24, 2.45) is 11.1 Å². The first-order valence-electron chi connectivity index (χ1n) is 5.84. The molecule has 0 spiro atoms. The molecule has 0 aromatic rings. The van der Waals surface area contributed by atoms with Crippen molar-refractivity contribution in [3.05, 3.63) is 0 Å². The predicted octanol–water partition coefficient (Wildman–Crippen LogP) is 1.47. The topological polar surface area (TPSA) is 38.5 Å². The van der Waals surface area contributed by atoms with E-state index in [1.165, 1.54) is 0 Å². The summed E-state index contributed by atoms with van der Waals surface area (Å²) in [6.45, 7) is 14.7. The Morgan fingerprint density at radius 3 is 2.53 bits per heavy atom. The Bertz CT molecular complexity index is 214. The van der Waals surface area contributed by atoms with Gasteiger partial charge in [-0.05, 0) is 32.7 Å². The lowest BCUT2D eigenvalue weighted by Crippen LogP contribution is -2.54. The Hall–Kier alpha value is -0.120. The van der Waals surface area contributed by atoms with Crippen molar-refractivity contribution in [1.29, 1.82) is 0 Å². The molecule has 1 rings (SSSR count). The first-order chi connectivity index (χ1) is 6.74. The van der Waals surface area contributed by atoms with E-state index in [9.17, 15) is 0 Å². The molecule has 3 nitrogen and oxygen atoms in total. The van der Waals surface area contributed by atoms with Crippen LogP contribution in [0, 0.1) is 5.41 Å². The normalized spacial score (nSPS) is 28.0. The number of nitrogens with two attached hydrogens (primary N) is 1. The van der Waals surface area contributed by atoms with Crippen LogP contribution in [0.1, 0.15) is 34.6 Å². The molecule has 1 saturated heterocycles. The van der Waals surface area contributed by atoms with Crippen molar-refractivity contribution < 1.29 is 4.74 Å². The smallest absolute Gasteiger partial charge is 0.0757 e. The van der Waals surface area contributed by atoms with E-state index in [4.69, 9.17) is 10.5 Å². The lowest BCUT2D eigenvalue weighted by atomic mass is 9.92. The SMILES string of the molecule is CC1CN(CC(C)(C)CN)CC(C)(C)O1. The predicted molar refractivity (Wildman–Crippen MR) is 63.9 cm³/mol. The summed E-state index contributed by atoms with van der Waals surface area (Å²) < 4.78 is 5.88. The first-order valence-corrected chi connectivity index (χ1v) is 5.84. The molecule has 0 aliphatic carbocycles. The van der Waals surface area contributed by atoms with Gasteiger partial charge in [0.15, 0.2) is 0 Å². The van der Waals surface area contributed by atoms with Gasteiger partial charge in [0.1, 0.15) is 0 Å². The van der Waals surface area contributed by atoms with Gasteiger partial charge in [-0.25, -0.2) is 0 Å². The highest BCUT2D eigenvalue weighted by atomic mass is 16.5. The highest BCUT2D eigenvalue weighted by Crippen LogP contribution is 2.24. The van der Waals surface area contributed by atoms with Gasteiger partial charge in [0.25, 0.3) is 0 Å². The minimum absolute atomic E-state index is 0.0255. The Labute approximate surface area is 94.0 Å². The van der Waals surface area contributed by atoms with Crippen LogP contribution in [0.2, 0.25) is 0 Å². The average molecular weight is 214 g/mol. The molecule has 15 heavy (non-hydrogen) atoms. The number of nitrogens with zero attached hydrogens (tertiary/aromatic N) is 1. The molecule has 2 N–H and O–H groups in total. The quantitative estimate of drug-likeness (QED) is 0.773. The van der Waals surface area contributed by atoms with Gasteiger partial charge in [-0.3, -0.25) is 4.90 Å². The van der Waals surface area contributed by atoms with Crippen molar-refractivity contribution >= 4 is 0 Å². The second-order valence-electron chi connectivity index (χ2n) is 6.23. The van der Waals surface area contributed by atoms with Crippen molar-refractivity contribution in [1.82, 2.24) is 4.90 Å². The van der Waals surface area contributed by atoms with Gasteiger partial charge >= 0.3 is 0 Å². The third-order valence-corrected chi connectivity index (χ3v) is 2.84. The largest absolute Gasteiger partial charge is 0.370 e. The summed E-state index contributed by atoms with van der Waals surface area (Å²) in [7, 11) is 0. The Morgan fingerprint density at radius 1 is 1.47 bits per heavy atom. The molecular formula is C12H26N2O. The standard InChI is InChI=1S/C12H26N2O/c1-10-6-14(8-11(2,3)7-13)9-12(4,5)15-10/h10H,6-9,13H2,1-5H3. The zero-order valence-electron chi connectivity index (χ0n) is 10.8. The number of hydrogen-bond donors (Lipinski definition) is 1. The fraction of sp³-hybridized carbons (Fsp3) is 1.00. The molecule has 1 fully saturated rings. The van der Waals surface area contributed by atoms with Crippen LogP contribution in [0.15, 0.2) is 0 Å². The molecule has 1 aliphatic rings. The third kappa shape index (κ3) is 4.09. The lowest BCUT2D eigenvalue weighted by molar-refractivity contribution is -0.133. The summed E-state index contributed by atoms with van der Waals surface area (Å²) in [5.41, 5.74) is 5.94. The van der Waals surface area contributed by atoms with E-state index in [2.05, 4.69) is 39.5 Å². The zero-order chi connectivity index (χ0) is 11.7. The van der Waals surface area contributed by atoms with Gasteiger partial charge in [-0.1, -0.05) is 13.8 Å². The van der Waals surface area contributed by atoms with E-state index in [1.807, 2.05) is 0 Å². The molecular weight excluding hydrogens is 188 g/mol. The number of morpholine rings is 1. The van der Waals surface area contributed by atoms with Crippen LogP contribution in [0.4, 0.5) is 0 Å². The molecule has 0 bridgehead atoms. The van der Waals surface area contributed by atoms with Gasteiger partial charge in [-0.2, -0.15) is 0 Å². The van der Waals surface area contributed by atoms with Crippen molar-refractivity contribution in [2.75, 3.05) is 26.2 Å². The zero-order valence-corrected chi connectivity index (χ0v) is 10.8. The Morgan fingerprint density at radius 2 is 2.07 bits per heavy atom. The van der Waals surface area contributed by atoms with Gasteiger partial charge in [-0.15, -0.1) is 0 Å². The Kier molecular flexibility index (Phi) is 3.80. The molecule has 0 aromatic carbocycles. The minimum atomic E-state index is -0.0255. The average Bonchev–Trinajstić information content (AvgIpc) is 1.99. The van der Waals surface area contributed by atoms with E-state index < -0.39 is 0 Å². The van der Waals surface area contributed by atoms with Crippen LogP contribution < -0.4 is 5.73 Å². The molecule has 0 radical (unpaired) electrons. The summed E-state index contributed by atoms with van der Waals surface area (Å²) in [6, 6.07) is 0. The second-order valence-corrected chi connectivity index (χ2v) is 6.23. The van der Waals surface area contributed by atoms with E-state index >= 15 is 0 Å². The van der Waals surface area contributed by atoms with Crippen LogP contribution in [-0.4, -0.2) is 42.8 Å². The summed E-state index contributed by atoms with van der Waals surface area (Å²) in [4.78, 5) is 2.47. The number of hydrogen-bond acceptors (Lipinski definition) is 3. The third-order valence-electron chi connectivity index (χ3n) is 2.84. The molecule has 0 amide bonds. The molecule has 90 valence electrons. The van der Waals surface area contributed by atoms with Crippen LogP contribution in [0.3, 0.4) is 0 Å². The monoisotopic (exact) mass is 214 g/mol. The summed E-state index contributed by atoms with van der Waals surface area (Å²) in [5.74, 6) is 0. The second kappa shape index (κ2) is 4.40. The number of ether oxygens (including phenoxy) is 1. The fourth-order valence-electron chi connectivity index (χ4n) is 2.38. The maximum atomic E-state index is 5.88. The van der Waals surface area contributed by atoms with Gasteiger partial charge < -0.3 is 10.5 Å². The van der Waals surface area contributed by atoms with Crippen LogP contribution in [0.25, 0.3) is 0 Å². The lowest BCUT2D eigenvalue weighted by Gasteiger charge is -2.44. The van der Waals surface area contributed by atoms with E-state index in [1.54, 1.807) is 0 Å². The molecule has 1 unspecified atom stereocenters. The van der Waals surface area contributed by atoms with Crippen LogP contribution in [0.5, 0.6) is 0 Å². The minimum Gasteiger partial charge on any atom is -0.370 e. The van der Waals surface area contributed by atoms with E-state index in [-0.39, 0.29) is 11.0 Å². The Balaban J connectivity index is 2.56. The van der Waals surface area contributed by atoms with Crippen molar-refractivity contribution in [3.8, 4) is 0 Å². The van der Waals surface area contributed by atoms with Crippen molar-refractivity contribution in [3.63, 3.8) is 0 Å². The number of rotatable bonds is 3. The first kappa shape index (κ1) is 12.9. The highest BCUT2D eigenvalue weighted by molar-refractivity contribution is 4.85. The van der Waals surface area contributed by atoms with Gasteiger partial charge in [0.05, 0.1) is 11.7 Å². The van der Waals surface area contributed by atoms with Crippen LogP contribution >= 0.6 is 0 Å². The highest BCUT2D eigenvalue weighted by Gasteiger charge is 2.33. The van der Waals surface area contributed by atoms with Gasteiger partial charge in [0.2, 0.25) is 0 Å². The van der Waals surface area contributed by atoms with Crippen molar-refractivity contribution in [2.45, 2.75) is 46.3 Å². The molecule has 1 heterocycles. The van der Waals surface area contributed by atoms with Gasteiger partial charge in [0, 0.05) is 19.6 Å².